The van der Waals surface area contributed by atoms with Crippen LogP contribution in [0.5, 0.6) is 0 Å². The van der Waals surface area contributed by atoms with Gasteiger partial charge >= 0.3 is 0 Å². The van der Waals surface area contributed by atoms with Gasteiger partial charge in [0.2, 0.25) is 11.8 Å². The van der Waals surface area contributed by atoms with Crippen molar-refractivity contribution < 1.29 is 9.59 Å². The molecule has 0 radical (unpaired) electrons. The lowest BCUT2D eigenvalue weighted by atomic mass is 10.1. The quantitative estimate of drug-likeness (QED) is 0.875. The van der Waals surface area contributed by atoms with Crippen LogP contribution in [0.3, 0.4) is 0 Å². The number of carbonyl (C=O) groups is 2. The molecule has 1 aromatic carbocycles. The van der Waals surface area contributed by atoms with E-state index >= 15 is 0 Å². The van der Waals surface area contributed by atoms with Crippen molar-refractivity contribution in [3.05, 3.63) is 29.3 Å². The van der Waals surface area contributed by atoms with Gasteiger partial charge in [-0.05, 0) is 49.9 Å². The van der Waals surface area contributed by atoms with Gasteiger partial charge in [0, 0.05) is 24.6 Å². The van der Waals surface area contributed by atoms with E-state index in [9.17, 15) is 9.59 Å². The summed E-state index contributed by atoms with van der Waals surface area (Å²) in [6, 6.07) is 5.96. The first-order chi connectivity index (χ1) is 10.0. The molecule has 0 aromatic heterocycles. The van der Waals surface area contributed by atoms with Gasteiger partial charge in [0.15, 0.2) is 0 Å². The van der Waals surface area contributed by atoms with Crippen molar-refractivity contribution in [2.45, 2.75) is 46.0 Å². The SMILES string of the molecule is Cc1cc(C)cc(NC(=O)CCNC(=O)C2CCCC2)c1. The first-order valence-electron chi connectivity index (χ1n) is 7.70. The predicted molar refractivity (Wildman–Crippen MR) is 84.1 cm³/mol. The normalized spacial score (nSPS) is 15.0. The number of hydrogen-bond donors (Lipinski definition) is 2. The number of anilines is 1. The van der Waals surface area contributed by atoms with E-state index in [0.29, 0.717) is 13.0 Å². The highest BCUT2D eigenvalue weighted by atomic mass is 16.2. The van der Waals surface area contributed by atoms with Gasteiger partial charge < -0.3 is 10.6 Å². The van der Waals surface area contributed by atoms with E-state index < -0.39 is 0 Å². The molecular weight excluding hydrogens is 264 g/mol. The Morgan fingerprint density at radius 2 is 1.71 bits per heavy atom. The lowest BCUT2D eigenvalue weighted by Crippen LogP contribution is -2.32. The molecule has 1 aromatic rings. The van der Waals surface area contributed by atoms with E-state index in [-0.39, 0.29) is 17.7 Å². The zero-order valence-corrected chi connectivity index (χ0v) is 12.9. The van der Waals surface area contributed by atoms with Crippen LogP contribution in [0.2, 0.25) is 0 Å². The van der Waals surface area contributed by atoms with E-state index in [1.54, 1.807) is 0 Å². The Bertz CT molecular complexity index is 499. The smallest absolute Gasteiger partial charge is 0.226 e. The first kappa shape index (κ1) is 15.5. The number of carbonyl (C=O) groups excluding carboxylic acids is 2. The minimum Gasteiger partial charge on any atom is -0.355 e. The summed E-state index contributed by atoms with van der Waals surface area (Å²) >= 11 is 0. The second-order valence-corrected chi connectivity index (χ2v) is 5.95. The Balaban J connectivity index is 1.73. The molecule has 0 saturated heterocycles. The van der Waals surface area contributed by atoms with Gasteiger partial charge in [-0.2, -0.15) is 0 Å². The third kappa shape index (κ3) is 4.88. The molecule has 1 saturated carbocycles. The molecule has 1 aliphatic carbocycles. The second kappa shape index (κ2) is 7.25. The van der Waals surface area contributed by atoms with Gasteiger partial charge in [0.05, 0.1) is 0 Å². The van der Waals surface area contributed by atoms with E-state index in [2.05, 4.69) is 16.7 Å². The molecule has 0 bridgehead atoms. The van der Waals surface area contributed by atoms with Crippen molar-refractivity contribution in [2.24, 2.45) is 5.92 Å². The number of amides is 2. The van der Waals surface area contributed by atoms with Crippen molar-refractivity contribution >= 4 is 17.5 Å². The van der Waals surface area contributed by atoms with Crippen LogP contribution in [-0.4, -0.2) is 18.4 Å². The molecule has 0 unspecified atom stereocenters. The molecule has 4 nitrogen and oxygen atoms in total. The Labute approximate surface area is 126 Å². The minimum absolute atomic E-state index is 0.0632. The summed E-state index contributed by atoms with van der Waals surface area (Å²) in [5, 5.41) is 5.74. The first-order valence-corrected chi connectivity index (χ1v) is 7.70. The molecule has 1 aliphatic rings. The molecule has 114 valence electrons. The fourth-order valence-corrected chi connectivity index (χ4v) is 2.90. The van der Waals surface area contributed by atoms with Gasteiger partial charge in [-0.1, -0.05) is 18.9 Å². The van der Waals surface area contributed by atoms with E-state index in [0.717, 1.165) is 42.5 Å². The fraction of sp³-hybridized carbons (Fsp3) is 0.529. The van der Waals surface area contributed by atoms with Crippen LogP contribution in [-0.2, 0) is 9.59 Å². The summed E-state index contributed by atoms with van der Waals surface area (Å²) < 4.78 is 0. The topological polar surface area (TPSA) is 58.2 Å². The standard InChI is InChI=1S/C17H24N2O2/c1-12-9-13(2)11-15(10-12)19-16(20)7-8-18-17(21)14-5-3-4-6-14/h9-11,14H,3-8H2,1-2H3,(H,18,21)(H,19,20). The highest BCUT2D eigenvalue weighted by Crippen LogP contribution is 2.24. The van der Waals surface area contributed by atoms with Crippen molar-refractivity contribution in [2.75, 3.05) is 11.9 Å². The third-order valence-electron chi connectivity index (χ3n) is 3.88. The van der Waals surface area contributed by atoms with Crippen molar-refractivity contribution in [1.82, 2.24) is 5.32 Å². The van der Waals surface area contributed by atoms with Crippen molar-refractivity contribution in [3.63, 3.8) is 0 Å². The largest absolute Gasteiger partial charge is 0.355 e. The summed E-state index contributed by atoms with van der Waals surface area (Å²) in [6.45, 7) is 4.42. The Hall–Kier alpha value is -1.84. The number of hydrogen-bond acceptors (Lipinski definition) is 2. The van der Waals surface area contributed by atoms with Gasteiger partial charge in [-0.25, -0.2) is 0 Å². The Kier molecular flexibility index (Phi) is 5.37. The summed E-state index contributed by atoms with van der Waals surface area (Å²) in [7, 11) is 0. The summed E-state index contributed by atoms with van der Waals surface area (Å²) in [5.41, 5.74) is 3.07. The molecule has 2 rings (SSSR count). The molecule has 4 heteroatoms. The maximum absolute atomic E-state index is 11.9. The third-order valence-corrected chi connectivity index (χ3v) is 3.88. The van der Waals surface area contributed by atoms with Crippen LogP contribution in [0.4, 0.5) is 5.69 Å². The summed E-state index contributed by atoms with van der Waals surface area (Å²) in [4.78, 5) is 23.7. The van der Waals surface area contributed by atoms with E-state index in [1.807, 2.05) is 26.0 Å². The molecule has 0 atom stereocenters. The zero-order valence-electron chi connectivity index (χ0n) is 12.9. The fourth-order valence-electron chi connectivity index (χ4n) is 2.90. The number of aryl methyl sites for hydroxylation is 2. The molecule has 2 amide bonds. The van der Waals surface area contributed by atoms with Crippen LogP contribution in [0.25, 0.3) is 0 Å². The van der Waals surface area contributed by atoms with Crippen LogP contribution in [0.1, 0.15) is 43.2 Å². The maximum Gasteiger partial charge on any atom is 0.226 e. The lowest BCUT2D eigenvalue weighted by Gasteiger charge is -2.11. The van der Waals surface area contributed by atoms with Crippen LogP contribution >= 0.6 is 0 Å². The lowest BCUT2D eigenvalue weighted by molar-refractivity contribution is -0.124. The highest BCUT2D eigenvalue weighted by Gasteiger charge is 2.22. The highest BCUT2D eigenvalue weighted by molar-refractivity contribution is 5.91. The average molecular weight is 288 g/mol. The average Bonchev–Trinajstić information content (AvgIpc) is 2.90. The summed E-state index contributed by atoms with van der Waals surface area (Å²) in [6.07, 6.45) is 4.57. The number of nitrogens with one attached hydrogen (secondary N) is 2. The zero-order chi connectivity index (χ0) is 15.2. The summed E-state index contributed by atoms with van der Waals surface area (Å²) in [5.74, 6) is 0.200. The number of rotatable bonds is 5. The predicted octanol–water partition coefficient (Wildman–Crippen LogP) is 2.94. The van der Waals surface area contributed by atoms with Gasteiger partial charge in [-0.15, -0.1) is 0 Å². The van der Waals surface area contributed by atoms with Gasteiger partial charge in [0.1, 0.15) is 0 Å². The monoisotopic (exact) mass is 288 g/mol. The number of benzene rings is 1. The van der Waals surface area contributed by atoms with E-state index in [4.69, 9.17) is 0 Å². The molecule has 0 aliphatic heterocycles. The minimum atomic E-state index is -0.0632. The van der Waals surface area contributed by atoms with Crippen LogP contribution in [0.15, 0.2) is 18.2 Å². The maximum atomic E-state index is 11.9. The molecule has 0 heterocycles. The molecular formula is C17H24N2O2. The Morgan fingerprint density at radius 3 is 2.33 bits per heavy atom. The van der Waals surface area contributed by atoms with Gasteiger partial charge in [0.25, 0.3) is 0 Å². The Morgan fingerprint density at radius 1 is 1.10 bits per heavy atom. The van der Waals surface area contributed by atoms with Crippen molar-refractivity contribution in [1.29, 1.82) is 0 Å². The molecule has 2 N–H and O–H groups in total. The van der Waals surface area contributed by atoms with Crippen molar-refractivity contribution in [3.8, 4) is 0 Å². The van der Waals surface area contributed by atoms with Crippen LogP contribution in [0, 0.1) is 19.8 Å². The second-order valence-electron chi connectivity index (χ2n) is 5.95. The van der Waals surface area contributed by atoms with E-state index in [1.165, 1.54) is 0 Å². The van der Waals surface area contributed by atoms with Gasteiger partial charge in [-0.3, -0.25) is 9.59 Å². The molecule has 1 fully saturated rings. The molecule has 0 spiro atoms. The van der Waals surface area contributed by atoms with Crippen LogP contribution < -0.4 is 10.6 Å². The molecule has 21 heavy (non-hydrogen) atoms.